The lowest BCUT2D eigenvalue weighted by Crippen LogP contribution is -2.57. The third-order valence-electron chi connectivity index (χ3n) is 10.3. The van der Waals surface area contributed by atoms with E-state index in [1.54, 1.807) is 9.80 Å². The molecule has 48 heavy (non-hydrogen) atoms. The monoisotopic (exact) mass is 647 g/mol. The van der Waals surface area contributed by atoms with Crippen molar-refractivity contribution in [2.24, 2.45) is 11.8 Å². The summed E-state index contributed by atoms with van der Waals surface area (Å²) in [5.41, 5.74) is 1.37. The molecule has 1 N–H and O–H groups in total. The second-order valence-corrected chi connectivity index (χ2v) is 13.3. The van der Waals surface area contributed by atoms with Gasteiger partial charge in [-0.3, -0.25) is 14.4 Å². The first-order chi connectivity index (χ1) is 23.1. The third-order valence-corrected chi connectivity index (χ3v) is 10.3. The van der Waals surface area contributed by atoms with E-state index < -0.39 is 47.6 Å². The number of anilines is 2. The maximum absolute atomic E-state index is 15.1. The van der Waals surface area contributed by atoms with E-state index in [1.165, 1.54) is 4.90 Å². The van der Waals surface area contributed by atoms with Crippen molar-refractivity contribution in [2.75, 3.05) is 36.1 Å². The van der Waals surface area contributed by atoms with Crippen LogP contribution in [0, 0.1) is 25.7 Å². The van der Waals surface area contributed by atoms with Crippen molar-refractivity contribution in [2.45, 2.75) is 51.0 Å². The molecule has 0 radical (unpaired) electrons. The standard InChI is InChI=1S/C39H41N3O6/c1-5-47-29-17-15-28(16-18-29)40-21-9-19-38(4)32(35(40)44)33-36(45)42(31(24-43)27-11-7-6-8-12-27)34-37(46)41(22-10-20-39(33,34)48-38)30-23-25(2)13-14-26(30)3/h6-20,23,31-34,43H,5,21-22,24H2,1-4H3/t31-,32-,33+,34?,38+,39+/m1/s1. The van der Waals surface area contributed by atoms with Gasteiger partial charge in [0.15, 0.2) is 0 Å². The molecule has 2 fully saturated rings. The van der Waals surface area contributed by atoms with E-state index in [1.807, 2.05) is 125 Å². The molecule has 4 aliphatic rings. The lowest BCUT2D eigenvalue weighted by atomic mass is 9.74. The topological polar surface area (TPSA) is 99.6 Å². The summed E-state index contributed by atoms with van der Waals surface area (Å²) >= 11 is 0. The Bertz CT molecular complexity index is 1810. The average Bonchev–Trinajstić information content (AvgIpc) is 3.35. The quantitative estimate of drug-likeness (QED) is 0.366. The summed E-state index contributed by atoms with van der Waals surface area (Å²) in [6.45, 7) is 8.35. The zero-order valence-corrected chi connectivity index (χ0v) is 27.7. The first-order valence-electron chi connectivity index (χ1n) is 16.6. The Balaban J connectivity index is 1.37. The van der Waals surface area contributed by atoms with Gasteiger partial charge in [0.2, 0.25) is 11.8 Å². The summed E-state index contributed by atoms with van der Waals surface area (Å²) in [7, 11) is 0. The molecule has 3 amide bonds. The predicted octanol–water partition coefficient (Wildman–Crippen LogP) is 4.91. The molecular formula is C39H41N3O6. The first kappa shape index (κ1) is 31.8. The molecule has 7 rings (SSSR count). The number of aliphatic hydroxyl groups excluding tert-OH is 1. The average molecular weight is 648 g/mol. The van der Waals surface area contributed by atoms with Gasteiger partial charge in [0.1, 0.15) is 17.4 Å². The van der Waals surface area contributed by atoms with Crippen LogP contribution < -0.4 is 14.5 Å². The maximum atomic E-state index is 15.1. The minimum Gasteiger partial charge on any atom is -0.494 e. The molecule has 248 valence electrons. The lowest BCUT2D eigenvalue weighted by molar-refractivity contribution is -0.148. The molecule has 0 saturated carbocycles. The minimum atomic E-state index is -1.47. The van der Waals surface area contributed by atoms with Gasteiger partial charge in [0, 0.05) is 24.5 Å². The highest BCUT2D eigenvalue weighted by Gasteiger charge is 2.75. The largest absolute Gasteiger partial charge is 0.494 e. The van der Waals surface area contributed by atoms with Gasteiger partial charge in [0.05, 0.1) is 36.7 Å². The van der Waals surface area contributed by atoms with E-state index in [0.29, 0.717) is 30.2 Å². The summed E-state index contributed by atoms with van der Waals surface area (Å²) in [5, 5.41) is 10.9. The fraction of sp³-hybridized carbons (Fsp3) is 0.359. The highest BCUT2D eigenvalue weighted by molar-refractivity contribution is 6.08. The fourth-order valence-electron chi connectivity index (χ4n) is 8.17. The van der Waals surface area contributed by atoms with Gasteiger partial charge < -0.3 is 29.3 Å². The van der Waals surface area contributed by atoms with Crippen LogP contribution >= 0.6 is 0 Å². The smallest absolute Gasteiger partial charge is 0.253 e. The number of amides is 3. The Morgan fingerprint density at radius 1 is 0.875 bits per heavy atom. The van der Waals surface area contributed by atoms with E-state index in [2.05, 4.69) is 0 Å². The Hall–Kier alpha value is -4.73. The minimum absolute atomic E-state index is 0.262. The number of rotatable bonds is 7. The predicted molar refractivity (Wildman–Crippen MR) is 183 cm³/mol. The van der Waals surface area contributed by atoms with Crippen molar-refractivity contribution in [3.8, 4) is 5.75 Å². The van der Waals surface area contributed by atoms with Crippen LogP contribution in [-0.4, -0.2) is 71.3 Å². The van der Waals surface area contributed by atoms with Crippen molar-refractivity contribution < 1.29 is 29.0 Å². The highest BCUT2D eigenvalue weighted by Crippen LogP contribution is 2.59. The Labute approximate surface area is 281 Å². The zero-order valence-electron chi connectivity index (χ0n) is 27.7. The number of nitrogens with zero attached hydrogens (tertiary/aromatic N) is 3. The van der Waals surface area contributed by atoms with Gasteiger partial charge in [-0.15, -0.1) is 0 Å². The van der Waals surface area contributed by atoms with Gasteiger partial charge in [0.25, 0.3) is 5.91 Å². The van der Waals surface area contributed by atoms with Gasteiger partial charge in [-0.05, 0) is 74.7 Å². The van der Waals surface area contributed by atoms with E-state index in [4.69, 9.17) is 9.47 Å². The molecule has 0 aliphatic carbocycles. The number of benzene rings is 3. The number of fused-ring (bicyclic) bond motifs is 2. The molecule has 9 nitrogen and oxygen atoms in total. The Morgan fingerprint density at radius 3 is 2.29 bits per heavy atom. The van der Waals surface area contributed by atoms with Crippen LogP contribution in [0.4, 0.5) is 11.4 Å². The highest BCUT2D eigenvalue weighted by atomic mass is 16.5. The van der Waals surface area contributed by atoms with Crippen molar-refractivity contribution >= 4 is 29.1 Å². The summed E-state index contributed by atoms with van der Waals surface area (Å²) in [5.74, 6) is -2.25. The number of carbonyl (C=O) groups excluding carboxylic acids is 3. The molecular weight excluding hydrogens is 606 g/mol. The number of carbonyl (C=O) groups is 3. The molecule has 4 aliphatic heterocycles. The molecule has 4 heterocycles. The first-order valence-corrected chi connectivity index (χ1v) is 16.6. The normalized spacial score (nSPS) is 28.6. The van der Waals surface area contributed by atoms with E-state index in [9.17, 15) is 9.90 Å². The summed E-state index contributed by atoms with van der Waals surface area (Å²) < 4.78 is 12.7. The molecule has 9 heteroatoms. The van der Waals surface area contributed by atoms with Crippen molar-refractivity contribution in [3.05, 3.63) is 114 Å². The van der Waals surface area contributed by atoms with Gasteiger partial charge >= 0.3 is 0 Å². The third kappa shape index (κ3) is 4.87. The molecule has 1 unspecified atom stereocenters. The molecule has 0 bridgehead atoms. The second-order valence-electron chi connectivity index (χ2n) is 13.3. The SMILES string of the molecule is CCOc1ccc(N2CC=C[C@]3(C)O[C@]45C=CCN(c6cc(C)ccc6C)C(=O)C4N([C@H](CO)c4ccccc4)C(=O)[C@@H]5[C@@H]3C2=O)cc1. The van der Waals surface area contributed by atoms with Crippen LogP contribution in [-0.2, 0) is 19.1 Å². The van der Waals surface area contributed by atoms with Crippen molar-refractivity contribution in [3.63, 3.8) is 0 Å². The molecule has 2 saturated heterocycles. The molecule has 0 aromatic heterocycles. The maximum Gasteiger partial charge on any atom is 0.253 e. The second kappa shape index (κ2) is 12.1. The lowest BCUT2D eigenvalue weighted by Gasteiger charge is -2.40. The number of ether oxygens (including phenoxy) is 2. The van der Waals surface area contributed by atoms with E-state index in [0.717, 1.165) is 16.8 Å². The summed E-state index contributed by atoms with van der Waals surface area (Å²) in [6.07, 6.45) is 7.49. The van der Waals surface area contributed by atoms with Crippen LogP contribution in [0.1, 0.15) is 36.6 Å². The van der Waals surface area contributed by atoms with Crippen LogP contribution in [0.2, 0.25) is 0 Å². The zero-order chi connectivity index (χ0) is 33.8. The van der Waals surface area contributed by atoms with E-state index >= 15 is 9.59 Å². The molecule has 1 spiro atoms. The summed E-state index contributed by atoms with van der Waals surface area (Å²) in [4.78, 5) is 49.8. The van der Waals surface area contributed by atoms with Crippen LogP contribution in [0.15, 0.2) is 97.1 Å². The number of likely N-dealkylation sites (tertiary alicyclic amines) is 1. The van der Waals surface area contributed by atoms with Gasteiger partial charge in [-0.25, -0.2) is 0 Å². The molecule has 3 aromatic rings. The number of aryl methyl sites for hydroxylation is 2. The van der Waals surface area contributed by atoms with Gasteiger partial charge in [-0.2, -0.15) is 0 Å². The number of aliphatic hydroxyl groups is 1. The van der Waals surface area contributed by atoms with E-state index in [-0.39, 0.29) is 18.4 Å². The molecule has 3 aromatic carbocycles. The fourth-order valence-corrected chi connectivity index (χ4v) is 8.17. The van der Waals surface area contributed by atoms with Gasteiger partial charge in [-0.1, -0.05) is 66.8 Å². The van der Waals surface area contributed by atoms with Crippen LogP contribution in [0.5, 0.6) is 5.75 Å². The Morgan fingerprint density at radius 2 is 1.58 bits per heavy atom. The molecule has 6 atom stereocenters. The van der Waals surface area contributed by atoms with Crippen molar-refractivity contribution in [1.29, 1.82) is 0 Å². The van der Waals surface area contributed by atoms with Crippen molar-refractivity contribution in [1.82, 2.24) is 4.90 Å². The number of hydrogen-bond acceptors (Lipinski definition) is 6. The summed E-state index contributed by atoms with van der Waals surface area (Å²) in [6, 6.07) is 20.5. The Kier molecular flexibility index (Phi) is 8.00. The van der Waals surface area contributed by atoms with Crippen LogP contribution in [0.25, 0.3) is 0 Å². The number of hydrogen-bond donors (Lipinski definition) is 1. The van der Waals surface area contributed by atoms with Crippen LogP contribution in [0.3, 0.4) is 0 Å².